The van der Waals surface area contributed by atoms with Crippen LogP contribution in [0.25, 0.3) is 0 Å². The highest BCUT2D eigenvalue weighted by molar-refractivity contribution is 5.67. The maximum Gasteiger partial charge on any atom is 0.303 e. The molecule has 146 valence electrons. The fraction of sp³-hybridized carbons (Fsp3) is 0.409. The van der Waals surface area contributed by atoms with E-state index in [-0.39, 0.29) is 11.8 Å². The van der Waals surface area contributed by atoms with Gasteiger partial charge in [-0.2, -0.15) is 0 Å². The molecule has 0 heterocycles. The van der Waals surface area contributed by atoms with Crippen molar-refractivity contribution in [3.63, 3.8) is 0 Å². The molecular formula is C22H28O5. The van der Waals surface area contributed by atoms with Gasteiger partial charge in [0.05, 0.1) is 7.11 Å². The summed E-state index contributed by atoms with van der Waals surface area (Å²) in [5, 5.41) is 8.78. The van der Waals surface area contributed by atoms with Gasteiger partial charge in [0.1, 0.15) is 19.0 Å². The van der Waals surface area contributed by atoms with Gasteiger partial charge in [-0.3, -0.25) is 4.79 Å². The molecule has 1 N–H and O–H groups in total. The number of carboxylic acid groups (broad SMARTS) is 1. The van der Waals surface area contributed by atoms with Gasteiger partial charge < -0.3 is 19.3 Å². The Bertz CT molecular complexity index is 744. The standard InChI is InChI=1S/C22H28O5/c1-22(2,3)17-7-9-18(10-8-17)26-13-14-27-19-11-5-16(6-12-21(23)24)15-20(19)25-4/h5,7-11,15H,6,12-14H2,1-4H3,(H,23,24). The summed E-state index contributed by atoms with van der Waals surface area (Å²) < 4.78 is 16.8. The monoisotopic (exact) mass is 372 g/mol. The minimum Gasteiger partial charge on any atom is -0.493 e. The Labute approximate surface area is 160 Å². The van der Waals surface area contributed by atoms with Crippen LogP contribution in [-0.4, -0.2) is 31.4 Å². The van der Waals surface area contributed by atoms with Crippen molar-refractivity contribution in [2.45, 2.75) is 39.0 Å². The quantitative estimate of drug-likeness (QED) is 0.658. The first-order valence-corrected chi connectivity index (χ1v) is 9.04. The molecule has 5 heteroatoms. The number of carboxylic acids is 1. The van der Waals surface area contributed by atoms with E-state index in [2.05, 4.69) is 32.9 Å². The van der Waals surface area contributed by atoms with Crippen LogP contribution in [0.15, 0.2) is 42.5 Å². The number of aliphatic carboxylic acids is 1. The van der Waals surface area contributed by atoms with Crippen LogP contribution in [0.4, 0.5) is 0 Å². The third kappa shape index (κ3) is 6.51. The van der Waals surface area contributed by atoms with Gasteiger partial charge in [0.15, 0.2) is 11.5 Å². The summed E-state index contributed by atoms with van der Waals surface area (Å²) in [6.07, 6.45) is 0.546. The van der Waals surface area contributed by atoms with E-state index in [4.69, 9.17) is 19.3 Å². The number of rotatable bonds is 9. The van der Waals surface area contributed by atoms with Crippen molar-refractivity contribution in [3.05, 3.63) is 53.6 Å². The summed E-state index contributed by atoms with van der Waals surface area (Å²) in [5.74, 6) is 1.19. The maximum atomic E-state index is 10.7. The van der Waals surface area contributed by atoms with Crippen molar-refractivity contribution in [3.8, 4) is 17.2 Å². The largest absolute Gasteiger partial charge is 0.493 e. The highest BCUT2D eigenvalue weighted by Crippen LogP contribution is 2.29. The molecule has 0 unspecified atom stereocenters. The molecule has 2 rings (SSSR count). The molecule has 0 aliphatic rings. The molecule has 0 amide bonds. The lowest BCUT2D eigenvalue weighted by atomic mass is 9.87. The van der Waals surface area contributed by atoms with Gasteiger partial charge in [-0.1, -0.05) is 39.0 Å². The molecule has 0 saturated carbocycles. The van der Waals surface area contributed by atoms with Gasteiger partial charge in [-0.05, 0) is 47.2 Å². The molecule has 2 aromatic rings. The van der Waals surface area contributed by atoms with E-state index in [1.807, 2.05) is 24.3 Å². The lowest BCUT2D eigenvalue weighted by molar-refractivity contribution is -0.136. The van der Waals surface area contributed by atoms with Crippen molar-refractivity contribution in [2.24, 2.45) is 0 Å². The van der Waals surface area contributed by atoms with Crippen molar-refractivity contribution < 1.29 is 24.1 Å². The van der Waals surface area contributed by atoms with Crippen molar-refractivity contribution >= 4 is 5.97 Å². The molecule has 0 fully saturated rings. The van der Waals surface area contributed by atoms with Crippen molar-refractivity contribution in [2.75, 3.05) is 20.3 Å². The highest BCUT2D eigenvalue weighted by atomic mass is 16.5. The smallest absolute Gasteiger partial charge is 0.303 e. The Morgan fingerprint density at radius 2 is 1.63 bits per heavy atom. The Morgan fingerprint density at radius 1 is 0.963 bits per heavy atom. The predicted molar refractivity (Wildman–Crippen MR) is 105 cm³/mol. The van der Waals surface area contributed by atoms with Crippen LogP contribution in [-0.2, 0) is 16.6 Å². The summed E-state index contributed by atoms with van der Waals surface area (Å²) in [6, 6.07) is 13.6. The van der Waals surface area contributed by atoms with Crippen LogP contribution >= 0.6 is 0 Å². The molecular weight excluding hydrogens is 344 g/mol. The first-order valence-electron chi connectivity index (χ1n) is 9.04. The molecule has 0 atom stereocenters. The summed E-state index contributed by atoms with van der Waals surface area (Å²) in [4.78, 5) is 10.7. The number of benzene rings is 2. The van der Waals surface area contributed by atoms with Crippen LogP contribution in [0.3, 0.4) is 0 Å². The van der Waals surface area contributed by atoms with Crippen LogP contribution in [0, 0.1) is 0 Å². The average Bonchev–Trinajstić information content (AvgIpc) is 2.63. The average molecular weight is 372 g/mol. The number of carbonyl (C=O) groups is 1. The number of methoxy groups -OCH3 is 1. The number of hydrogen-bond acceptors (Lipinski definition) is 4. The van der Waals surface area contributed by atoms with E-state index in [1.54, 1.807) is 13.2 Å². The van der Waals surface area contributed by atoms with E-state index in [0.717, 1.165) is 11.3 Å². The molecule has 0 spiro atoms. The Morgan fingerprint density at radius 3 is 2.22 bits per heavy atom. The minimum absolute atomic E-state index is 0.0885. The van der Waals surface area contributed by atoms with E-state index < -0.39 is 5.97 Å². The molecule has 0 radical (unpaired) electrons. The van der Waals surface area contributed by atoms with Crippen LogP contribution in [0.1, 0.15) is 38.3 Å². The van der Waals surface area contributed by atoms with Crippen LogP contribution in [0.2, 0.25) is 0 Å². The van der Waals surface area contributed by atoms with Gasteiger partial charge in [0, 0.05) is 6.42 Å². The number of hydrogen-bond donors (Lipinski definition) is 1. The molecule has 0 aliphatic heterocycles. The zero-order valence-electron chi connectivity index (χ0n) is 16.5. The fourth-order valence-electron chi connectivity index (χ4n) is 2.60. The fourth-order valence-corrected chi connectivity index (χ4v) is 2.60. The lowest BCUT2D eigenvalue weighted by Gasteiger charge is -2.19. The maximum absolute atomic E-state index is 10.7. The first kappa shape index (κ1) is 20.6. The zero-order valence-corrected chi connectivity index (χ0v) is 16.5. The normalized spacial score (nSPS) is 11.1. The summed E-state index contributed by atoms with van der Waals surface area (Å²) in [5.41, 5.74) is 2.28. The lowest BCUT2D eigenvalue weighted by Crippen LogP contribution is -2.12. The predicted octanol–water partition coefficient (Wildman–Crippen LogP) is 4.47. The molecule has 0 bridgehead atoms. The van der Waals surface area contributed by atoms with Gasteiger partial charge in [-0.15, -0.1) is 0 Å². The van der Waals surface area contributed by atoms with Crippen molar-refractivity contribution in [1.29, 1.82) is 0 Å². The Hall–Kier alpha value is -2.69. The molecule has 27 heavy (non-hydrogen) atoms. The van der Waals surface area contributed by atoms with E-state index >= 15 is 0 Å². The van der Waals surface area contributed by atoms with E-state index in [0.29, 0.717) is 31.1 Å². The van der Waals surface area contributed by atoms with Gasteiger partial charge in [0.2, 0.25) is 0 Å². The second-order valence-electron chi connectivity index (χ2n) is 7.35. The summed E-state index contributed by atoms with van der Waals surface area (Å²) in [6.45, 7) is 7.33. The number of aryl methyl sites for hydroxylation is 1. The van der Waals surface area contributed by atoms with Crippen molar-refractivity contribution in [1.82, 2.24) is 0 Å². The second kappa shape index (κ2) is 9.31. The highest BCUT2D eigenvalue weighted by Gasteiger charge is 2.13. The Balaban J connectivity index is 1.85. The molecule has 0 aromatic heterocycles. The van der Waals surface area contributed by atoms with E-state index in [1.165, 1.54) is 5.56 Å². The third-order valence-electron chi connectivity index (χ3n) is 4.19. The third-order valence-corrected chi connectivity index (χ3v) is 4.19. The summed E-state index contributed by atoms with van der Waals surface area (Å²) in [7, 11) is 1.57. The van der Waals surface area contributed by atoms with Crippen LogP contribution < -0.4 is 14.2 Å². The number of ether oxygens (including phenoxy) is 3. The molecule has 0 aliphatic carbocycles. The van der Waals surface area contributed by atoms with E-state index in [9.17, 15) is 4.79 Å². The minimum atomic E-state index is -0.818. The topological polar surface area (TPSA) is 65.0 Å². The Kier molecular flexibility index (Phi) is 7.11. The van der Waals surface area contributed by atoms with Gasteiger partial charge in [0.25, 0.3) is 0 Å². The molecule has 0 saturated heterocycles. The second-order valence-corrected chi connectivity index (χ2v) is 7.35. The molecule has 5 nitrogen and oxygen atoms in total. The van der Waals surface area contributed by atoms with Gasteiger partial charge >= 0.3 is 5.97 Å². The first-order chi connectivity index (χ1) is 12.8. The molecule has 2 aromatic carbocycles. The summed E-state index contributed by atoms with van der Waals surface area (Å²) >= 11 is 0. The zero-order chi connectivity index (χ0) is 19.9. The van der Waals surface area contributed by atoms with Crippen LogP contribution in [0.5, 0.6) is 17.2 Å². The van der Waals surface area contributed by atoms with Gasteiger partial charge in [-0.25, -0.2) is 0 Å². The SMILES string of the molecule is COc1cc(CCC(=O)O)ccc1OCCOc1ccc(C(C)(C)C)cc1.